The van der Waals surface area contributed by atoms with Gasteiger partial charge in [0.1, 0.15) is 0 Å². The van der Waals surface area contributed by atoms with Gasteiger partial charge in [0.25, 0.3) is 0 Å². The summed E-state index contributed by atoms with van der Waals surface area (Å²) >= 11 is 0. The second-order valence-corrected chi connectivity index (χ2v) is 6.70. The summed E-state index contributed by atoms with van der Waals surface area (Å²) < 4.78 is 0. The molecule has 25 heavy (non-hydrogen) atoms. The Kier molecular flexibility index (Phi) is 4.88. The molecule has 1 saturated heterocycles. The van der Waals surface area contributed by atoms with E-state index in [1.807, 2.05) is 56.3 Å². The van der Waals surface area contributed by atoms with Crippen LogP contribution >= 0.6 is 0 Å². The summed E-state index contributed by atoms with van der Waals surface area (Å²) in [7, 11) is 0. The third-order valence-corrected chi connectivity index (χ3v) is 4.81. The first-order valence-corrected chi connectivity index (χ1v) is 8.76. The number of benzene rings is 2. The Morgan fingerprint density at radius 1 is 1.20 bits per heavy atom. The summed E-state index contributed by atoms with van der Waals surface area (Å²) in [5.41, 5.74) is 5.01. The van der Waals surface area contributed by atoms with Crippen LogP contribution in [0.25, 0.3) is 0 Å². The Hall–Kier alpha value is -2.62. The van der Waals surface area contributed by atoms with E-state index in [4.69, 9.17) is 0 Å². The zero-order chi connectivity index (χ0) is 18.0. The van der Waals surface area contributed by atoms with Crippen LogP contribution in [0.3, 0.4) is 0 Å². The highest BCUT2D eigenvalue weighted by molar-refractivity contribution is 6.04. The van der Waals surface area contributed by atoms with Gasteiger partial charge in [0, 0.05) is 24.3 Å². The molecule has 3 rings (SSSR count). The molecule has 0 bridgehead atoms. The fourth-order valence-electron chi connectivity index (χ4n) is 3.29. The quantitative estimate of drug-likeness (QED) is 0.922. The second kappa shape index (κ2) is 7.09. The normalized spacial score (nSPS) is 17.0. The van der Waals surface area contributed by atoms with Gasteiger partial charge in [0.15, 0.2) is 0 Å². The van der Waals surface area contributed by atoms with E-state index in [-0.39, 0.29) is 24.2 Å². The van der Waals surface area contributed by atoms with Gasteiger partial charge in [-0.3, -0.25) is 9.59 Å². The van der Waals surface area contributed by atoms with Gasteiger partial charge < -0.3 is 10.2 Å². The van der Waals surface area contributed by atoms with Crippen LogP contribution in [0.2, 0.25) is 0 Å². The SMILES string of the molecule is CCc1ccccc1N1C[C@H](C(=O)Nc2cc(C)ccc2C)CC1=O. The van der Waals surface area contributed by atoms with Crippen molar-refractivity contribution in [3.8, 4) is 0 Å². The molecule has 1 heterocycles. The van der Waals surface area contributed by atoms with E-state index in [2.05, 4.69) is 12.2 Å². The van der Waals surface area contributed by atoms with Gasteiger partial charge in [-0.1, -0.05) is 37.3 Å². The van der Waals surface area contributed by atoms with Crippen molar-refractivity contribution in [2.45, 2.75) is 33.6 Å². The highest BCUT2D eigenvalue weighted by atomic mass is 16.2. The van der Waals surface area contributed by atoms with E-state index < -0.39 is 0 Å². The molecule has 2 aromatic carbocycles. The lowest BCUT2D eigenvalue weighted by Crippen LogP contribution is -2.28. The lowest BCUT2D eigenvalue weighted by molar-refractivity contribution is -0.122. The van der Waals surface area contributed by atoms with Crippen molar-refractivity contribution < 1.29 is 9.59 Å². The molecule has 130 valence electrons. The maximum absolute atomic E-state index is 12.7. The van der Waals surface area contributed by atoms with Crippen LogP contribution in [0, 0.1) is 19.8 Å². The fraction of sp³-hybridized carbons (Fsp3) is 0.333. The molecule has 1 aliphatic rings. The largest absolute Gasteiger partial charge is 0.326 e. The second-order valence-electron chi connectivity index (χ2n) is 6.70. The van der Waals surface area contributed by atoms with Gasteiger partial charge in [0.05, 0.1) is 5.92 Å². The molecule has 1 aliphatic heterocycles. The van der Waals surface area contributed by atoms with Crippen molar-refractivity contribution in [2.24, 2.45) is 5.92 Å². The van der Waals surface area contributed by atoms with Crippen molar-refractivity contribution in [3.63, 3.8) is 0 Å². The number of hydrogen-bond donors (Lipinski definition) is 1. The maximum atomic E-state index is 12.7. The number of para-hydroxylation sites is 1. The molecule has 2 aromatic rings. The van der Waals surface area contributed by atoms with Crippen LogP contribution in [0.5, 0.6) is 0 Å². The molecule has 1 N–H and O–H groups in total. The van der Waals surface area contributed by atoms with E-state index in [9.17, 15) is 9.59 Å². The lowest BCUT2D eigenvalue weighted by Gasteiger charge is -2.20. The van der Waals surface area contributed by atoms with Crippen LogP contribution in [-0.4, -0.2) is 18.4 Å². The Balaban J connectivity index is 1.76. The summed E-state index contributed by atoms with van der Waals surface area (Å²) in [5, 5.41) is 3.00. The number of carbonyl (C=O) groups excluding carboxylic acids is 2. The summed E-state index contributed by atoms with van der Waals surface area (Å²) in [6, 6.07) is 13.9. The maximum Gasteiger partial charge on any atom is 0.229 e. The first kappa shape index (κ1) is 17.2. The molecule has 0 radical (unpaired) electrons. The fourth-order valence-corrected chi connectivity index (χ4v) is 3.29. The zero-order valence-corrected chi connectivity index (χ0v) is 15.0. The van der Waals surface area contributed by atoms with Gasteiger partial charge in [-0.25, -0.2) is 0 Å². The number of hydrogen-bond acceptors (Lipinski definition) is 2. The first-order chi connectivity index (χ1) is 12.0. The highest BCUT2D eigenvalue weighted by Crippen LogP contribution is 2.29. The van der Waals surface area contributed by atoms with Gasteiger partial charge in [-0.05, 0) is 49.1 Å². The number of carbonyl (C=O) groups is 2. The Labute approximate surface area is 148 Å². The Bertz CT molecular complexity index is 813. The molecule has 1 atom stereocenters. The number of nitrogens with zero attached hydrogens (tertiary/aromatic N) is 1. The highest BCUT2D eigenvalue weighted by Gasteiger charge is 2.35. The van der Waals surface area contributed by atoms with Gasteiger partial charge in [0.2, 0.25) is 11.8 Å². The summed E-state index contributed by atoms with van der Waals surface area (Å²) in [6.07, 6.45) is 1.12. The van der Waals surface area contributed by atoms with E-state index in [0.717, 1.165) is 34.5 Å². The van der Waals surface area contributed by atoms with Crippen molar-refractivity contribution in [2.75, 3.05) is 16.8 Å². The van der Waals surface area contributed by atoms with Gasteiger partial charge in [-0.2, -0.15) is 0 Å². The third-order valence-electron chi connectivity index (χ3n) is 4.81. The van der Waals surface area contributed by atoms with Crippen molar-refractivity contribution in [1.29, 1.82) is 0 Å². The van der Waals surface area contributed by atoms with Gasteiger partial charge in [-0.15, -0.1) is 0 Å². The van der Waals surface area contributed by atoms with Crippen LogP contribution in [0.4, 0.5) is 11.4 Å². The van der Waals surface area contributed by atoms with E-state index >= 15 is 0 Å². The smallest absolute Gasteiger partial charge is 0.229 e. The average Bonchev–Trinajstić information content (AvgIpc) is 3.00. The minimum atomic E-state index is -0.322. The molecule has 1 fully saturated rings. The topological polar surface area (TPSA) is 49.4 Å². The standard InChI is InChI=1S/C21H24N2O2/c1-4-16-7-5-6-8-19(16)23-13-17(12-20(23)24)21(25)22-18-11-14(2)9-10-15(18)3/h5-11,17H,4,12-13H2,1-3H3,(H,22,25)/t17-/m1/s1. The summed E-state index contributed by atoms with van der Waals surface area (Å²) in [4.78, 5) is 26.9. The van der Waals surface area contributed by atoms with Crippen LogP contribution < -0.4 is 10.2 Å². The van der Waals surface area contributed by atoms with E-state index in [1.165, 1.54) is 0 Å². The molecular formula is C21H24N2O2. The van der Waals surface area contributed by atoms with Crippen LogP contribution in [0.15, 0.2) is 42.5 Å². The first-order valence-electron chi connectivity index (χ1n) is 8.76. The molecule has 0 unspecified atom stereocenters. The lowest BCUT2D eigenvalue weighted by atomic mass is 10.1. The summed E-state index contributed by atoms with van der Waals surface area (Å²) in [5.74, 6) is -0.391. The monoisotopic (exact) mass is 336 g/mol. The van der Waals surface area contributed by atoms with Crippen LogP contribution in [-0.2, 0) is 16.0 Å². The van der Waals surface area contributed by atoms with E-state index in [0.29, 0.717) is 6.54 Å². The van der Waals surface area contributed by atoms with Crippen molar-refractivity contribution in [3.05, 3.63) is 59.2 Å². The predicted octanol–water partition coefficient (Wildman–Crippen LogP) is 3.86. The molecular weight excluding hydrogens is 312 g/mol. The Morgan fingerprint density at radius 2 is 1.96 bits per heavy atom. The number of amides is 2. The Morgan fingerprint density at radius 3 is 2.72 bits per heavy atom. The summed E-state index contributed by atoms with van der Waals surface area (Å²) in [6.45, 7) is 6.48. The van der Waals surface area contributed by atoms with Crippen LogP contribution in [0.1, 0.15) is 30.0 Å². The molecule has 4 heteroatoms. The molecule has 0 spiro atoms. The molecule has 0 aromatic heterocycles. The zero-order valence-electron chi connectivity index (χ0n) is 15.0. The predicted molar refractivity (Wildman–Crippen MR) is 101 cm³/mol. The minimum absolute atomic E-state index is 0.0158. The number of rotatable bonds is 4. The average molecular weight is 336 g/mol. The molecule has 2 amide bonds. The number of nitrogens with one attached hydrogen (secondary N) is 1. The number of anilines is 2. The third kappa shape index (κ3) is 3.58. The number of aryl methyl sites for hydroxylation is 3. The molecule has 4 nitrogen and oxygen atoms in total. The minimum Gasteiger partial charge on any atom is -0.326 e. The van der Waals surface area contributed by atoms with E-state index in [1.54, 1.807) is 4.90 Å². The van der Waals surface area contributed by atoms with Crippen molar-refractivity contribution in [1.82, 2.24) is 0 Å². The van der Waals surface area contributed by atoms with Gasteiger partial charge >= 0.3 is 0 Å². The van der Waals surface area contributed by atoms with Crippen molar-refractivity contribution >= 4 is 23.2 Å². The molecule has 0 aliphatic carbocycles. The molecule has 0 saturated carbocycles.